The largest absolute Gasteiger partial charge is 0.494 e. The van der Waals surface area contributed by atoms with Gasteiger partial charge in [-0.3, -0.25) is 4.79 Å². The van der Waals surface area contributed by atoms with Crippen LogP contribution in [0.4, 0.5) is 0 Å². The van der Waals surface area contributed by atoms with Crippen molar-refractivity contribution >= 4 is 33.9 Å². The fraction of sp³-hybridized carbons (Fsp3) is 0.385. The molecule has 1 unspecified atom stereocenters. The predicted molar refractivity (Wildman–Crippen MR) is 179 cm³/mol. The van der Waals surface area contributed by atoms with Gasteiger partial charge in [0, 0.05) is 48.1 Å². The molecule has 45 heavy (non-hydrogen) atoms. The molecular weight excluding hydrogens is 556 g/mol. The van der Waals surface area contributed by atoms with Crippen LogP contribution in [0.1, 0.15) is 60.0 Å². The highest BCUT2D eigenvalue weighted by Gasteiger charge is 2.67. The molecule has 228 valence electrons. The standard InChI is InChI=1S/C39H40N4O2/c1-41-36-31(18-30(20-34(36)45-2)38(44)43-24-39-21-28(22-39)17-35(39)43)40-37(41)33-19-29-15-14-26(16-32(29)42(33)23-27-12-13-27)11-7-6-10-25-8-4-3-5-9-25/h3-5,7-9,11,14-16,18-20,27-28,35H,6,10,12-13,17,21-24H2,1-2H3/b11-7+. The molecule has 1 amide bonds. The molecule has 0 N–H and O–H groups in total. The van der Waals surface area contributed by atoms with Crippen molar-refractivity contribution in [3.05, 3.63) is 89.5 Å². The Labute approximate surface area is 264 Å². The second-order valence-electron chi connectivity index (χ2n) is 14.2. The van der Waals surface area contributed by atoms with E-state index in [1.54, 1.807) is 7.11 Å². The molecular formula is C39H40N4O2. The van der Waals surface area contributed by atoms with E-state index in [0.29, 0.717) is 28.7 Å². The van der Waals surface area contributed by atoms with Gasteiger partial charge < -0.3 is 18.8 Å². The summed E-state index contributed by atoms with van der Waals surface area (Å²) in [5.41, 5.74) is 7.81. The zero-order chi connectivity index (χ0) is 30.3. The van der Waals surface area contributed by atoms with Gasteiger partial charge in [-0.05, 0) is 92.2 Å². The van der Waals surface area contributed by atoms with Gasteiger partial charge in [-0.15, -0.1) is 0 Å². The van der Waals surface area contributed by atoms with Gasteiger partial charge in [-0.1, -0.05) is 54.6 Å². The Hall–Kier alpha value is -4.32. The number of aromatic nitrogens is 3. The minimum Gasteiger partial charge on any atom is -0.494 e. The summed E-state index contributed by atoms with van der Waals surface area (Å²) in [7, 11) is 3.76. The first-order valence-electron chi connectivity index (χ1n) is 16.7. The molecule has 4 aliphatic carbocycles. The molecule has 1 spiro atoms. The number of rotatable bonds is 9. The second-order valence-corrected chi connectivity index (χ2v) is 14.2. The summed E-state index contributed by atoms with van der Waals surface area (Å²) in [5.74, 6) is 3.27. The summed E-state index contributed by atoms with van der Waals surface area (Å²) < 4.78 is 10.5. The SMILES string of the molecule is COc1cc(C(=O)N2CC34CC(CC23)C4)cc2nc(-c3cc4ccc(/C=C/CCc5ccccc5)cc4n3CC3CC3)n(C)c12. The van der Waals surface area contributed by atoms with Crippen molar-refractivity contribution in [3.8, 4) is 17.3 Å². The highest BCUT2D eigenvalue weighted by atomic mass is 16.5. The van der Waals surface area contributed by atoms with E-state index in [2.05, 4.69) is 87.8 Å². The normalized spacial score (nSPS) is 23.5. The maximum absolute atomic E-state index is 13.7. The van der Waals surface area contributed by atoms with Gasteiger partial charge in [0.1, 0.15) is 11.3 Å². The first-order chi connectivity index (χ1) is 22.0. The Kier molecular flexibility index (Phi) is 6.06. The average molecular weight is 597 g/mol. The highest BCUT2D eigenvalue weighted by molar-refractivity contribution is 6.01. The number of aryl methyl sites for hydroxylation is 2. The molecule has 1 aliphatic heterocycles. The fourth-order valence-corrected chi connectivity index (χ4v) is 8.75. The van der Waals surface area contributed by atoms with Crippen LogP contribution >= 0.6 is 0 Å². The summed E-state index contributed by atoms with van der Waals surface area (Å²) in [6, 6.07) is 24.1. The van der Waals surface area contributed by atoms with E-state index in [1.165, 1.54) is 54.1 Å². The fourth-order valence-electron chi connectivity index (χ4n) is 8.75. The number of ether oxygens (including phenoxy) is 1. The summed E-state index contributed by atoms with van der Waals surface area (Å²) >= 11 is 0. The Morgan fingerprint density at radius 1 is 1.07 bits per heavy atom. The van der Waals surface area contributed by atoms with Crippen molar-refractivity contribution in [3.63, 3.8) is 0 Å². The molecule has 10 rings (SSSR count). The zero-order valence-electron chi connectivity index (χ0n) is 26.2. The van der Waals surface area contributed by atoms with Crippen molar-refractivity contribution in [2.24, 2.45) is 24.3 Å². The van der Waals surface area contributed by atoms with Gasteiger partial charge in [0.15, 0.2) is 5.82 Å². The average Bonchev–Trinajstić information content (AvgIpc) is 3.51. The summed E-state index contributed by atoms with van der Waals surface area (Å²) in [5, 5.41) is 1.23. The molecule has 5 fully saturated rings. The molecule has 0 radical (unpaired) electrons. The monoisotopic (exact) mass is 596 g/mol. The lowest BCUT2D eigenvalue weighted by molar-refractivity contribution is -0.0552. The Morgan fingerprint density at radius 3 is 2.69 bits per heavy atom. The number of hydrogen-bond donors (Lipinski definition) is 0. The van der Waals surface area contributed by atoms with Crippen molar-refractivity contribution in [2.75, 3.05) is 13.7 Å². The topological polar surface area (TPSA) is 52.3 Å². The van der Waals surface area contributed by atoms with Crippen LogP contribution in [0.15, 0.2) is 72.8 Å². The first kappa shape index (κ1) is 27.0. The van der Waals surface area contributed by atoms with E-state index in [4.69, 9.17) is 9.72 Å². The number of nitrogens with zero attached hydrogens (tertiary/aromatic N) is 4. The van der Waals surface area contributed by atoms with E-state index >= 15 is 0 Å². The number of benzene rings is 3. The summed E-state index contributed by atoms with van der Waals surface area (Å²) in [4.78, 5) is 21.0. The molecule has 2 bridgehead atoms. The number of carbonyl (C=O) groups is 1. The molecule has 5 aromatic rings. The number of fused-ring (bicyclic) bond motifs is 2. The number of likely N-dealkylation sites (tertiary alicyclic amines) is 1. The lowest BCUT2D eigenvalue weighted by Gasteiger charge is -2.56. The molecule has 3 heterocycles. The summed E-state index contributed by atoms with van der Waals surface area (Å²) in [6.07, 6.45) is 13.0. The second kappa shape index (κ2) is 10.1. The van der Waals surface area contributed by atoms with Crippen LogP contribution in [-0.4, -0.2) is 44.6 Å². The molecule has 1 saturated heterocycles. The lowest BCUT2D eigenvalue weighted by atomic mass is 9.63. The lowest BCUT2D eigenvalue weighted by Crippen LogP contribution is -2.64. The van der Waals surface area contributed by atoms with Crippen LogP contribution in [0.5, 0.6) is 5.75 Å². The Bertz CT molecular complexity index is 1990. The van der Waals surface area contributed by atoms with Gasteiger partial charge in [-0.25, -0.2) is 4.98 Å². The molecule has 3 aromatic carbocycles. The third kappa shape index (κ3) is 4.36. The number of carbonyl (C=O) groups excluding carboxylic acids is 1. The number of imidazole rings is 1. The maximum atomic E-state index is 13.7. The Balaban J connectivity index is 1.06. The van der Waals surface area contributed by atoms with Crippen LogP contribution in [0.2, 0.25) is 0 Å². The summed E-state index contributed by atoms with van der Waals surface area (Å²) in [6.45, 7) is 1.90. The number of methoxy groups -OCH3 is 1. The van der Waals surface area contributed by atoms with Gasteiger partial charge in [0.05, 0.1) is 18.3 Å². The minimum atomic E-state index is 0.123. The van der Waals surface area contributed by atoms with Crippen LogP contribution in [-0.2, 0) is 20.0 Å². The van der Waals surface area contributed by atoms with Crippen molar-refractivity contribution < 1.29 is 9.53 Å². The molecule has 1 atom stereocenters. The number of hydrogen-bond acceptors (Lipinski definition) is 3. The maximum Gasteiger partial charge on any atom is 0.254 e. The first-order valence-corrected chi connectivity index (χ1v) is 16.7. The highest BCUT2D eigenvalue weighted by Crippen LogP contribution is 2.66. The quantitative estimate of drug-likeness (QED) is 0.174. The van der Waals surface area contributed by atoms with Gasteiger partial charge >= 0.3 is 0 Å². The van der Waals surface area contributed by atoms with E-state index in [-0.39, 0.29) is 5.91 Å². The van der Waals surface area contributed by atoms with E-state index < -0.39 is 0 Å². The predicted octanol–water partition coefficient (Wildman–Crippen LogP) is 7.88. The zero-order valence-corrected chi connectivity index (χ0v) is 26.2. The minimum absolute atomic E-state index is 0.123. The van der Waals surface area contributed by atoms with E-state index in [1.807, 2.05) is 12.1 Å². The number of allylic oxidation sites excluding steroid dienone is 1. The molecule has 5 aliphatic rings. The van der Waals surface area contributed by atoms with E-state index in [9.17, 15) is 4.79 Å². The molecule has 6 nitrogen and oxygen atoms in total. The van der Waals surface area contributed by atoms with Crippen LogP contribution in [0.25, 0.3) is 39.5 Å². The smallest absolute Gasteiger partial charge is 0.254 e. The molecule has 6 heteroatoms. The van der Waals surface area contributed by atoms with Gasteiger partial charge in [-0.2, -0.15) is 0 Å². The van der Waals surface area contributed by atoms with Crippen molar-refractivity contribution in [1.29, 1.82) is 0 Å². The third-order valence-corrected chi connectivity index (χ3v) is 11.2. The van der Waals surface area contributed by atoms with Crippen LogP contribution in [0, 0.1) is 17.3 Å². The molecule has 4 saturated carbocycles. The van der Waals surface area contributed by atoms with E-state index in [0.717, 1.165) is 54.4 Å². The third-order valence-electron chi connectivity index (χ3n) is 11.2. The molecule has 2 aromatic heterocycles. The van der Waals surface area contributed by atoms with Gasteiger partial charge in [0.25, 0.3) is 5.91 Å². The van der Waals surface area contributed by atoms with Crippen LogP contribution in [0.3, 0.4) is 0 Å². The van der Waals surface area contributed by atoms with Crippen LogP contribution < -0.4 is 4.74 Å². The Morgan fingerprint density at radius 2 is 1.91 bits per heavy atom. The van der Waals surface area contributed by atoms with Gasteiger partial charge in [0.2, 0.25) is 0 Å². The van der Waals surface area contributed by atoms with Crippen molar-refractivity contribution in [2.45, 2.75) is 57.5 Å². The van der Waals surface area contributed by atoms with Crippen molar-refractivity contribution in [1.82, 2.24) is 19.0 Å². The number of amides is 1.